The van der Waals surface area contributed by atoms with Gasteiger partial charge in [-0.3, -0.25) is 0 Å². The van der Waals surface area contributed by atoms with Gasteiger partial charge < -0.3 is 4.57 Å². The summed E-state index contributed by atoms with van der Waals surface area (Å²) in [7, 11) is 0. The van der Waals surface area contributed by atoms with Crippen molar-refractivity contribution in [1.29, 1.82) is 5.26 Å². The molecule has 0 saturated heterocycles. The van der Waals surface area contributed by atoms with E-state index in [0.717, 1.165) is 29.2 Å². The Hall–Kier alpha value is -1.53. The van der Waals surface area contributed by atoms with Crippen LogP contribution in [0.15, 0.2) is 18.2 Å². The third kappa shape index (κ3) is 2.01. The molecule has 1 aliphatic rings. The minimum Gasteiger partial charge on any atom is -0.324 e. The average molecular weight is 274 g/mol. The van der Waals surface area contributed by atoms with Crippen molar-refractivity contribution in [2.75, 3.05) is 5.88 Å². The molecule has 2 unspecified atom stereocenters. The molecule has 0 N–H and O–H groups in total. The van der Waals surface area contributed by atoms with Gasteiger partial charge in [-0.2, -0.15) is 5.26 Å². The van der Waals surface area contributed by atoms with E-state index < -0.39 is 0 Å². The maximum atomic E-state index is 9.19. The molecule has 0 aliphatic heterocycles. The van der Waals surface area contributed by atoms with Crippen LogP contribution in [0.5, 0.6) is 0 Å². The van der Waals surface area contributed by atoms with Crippen LogP contribution in [-0.2, 0) is 6.42 Å². The Kier molecular flexibility index (Phi) is 3.20. The highest BCUT2D eigenvalue weighted by molar-refractivity contribution is 6.17. The smallest absolute Gasteiger partial charge is 0.111 e. The van der Waals surface area contributed by atoms with Crippen molar-refractivity contribution in [3.63, 3.8) is 0 Å². The molecule has 19 heavy (non-hydrogen) atoms. The van der Waals surface area contributed by atoms with E-state index in [4.69, 9.17) is 11.6 Å². The van der Waals surface area contributed by atoms with Crippen molar-refractivity contribution in [2.24, 2.45) is 5.92 Å². The van der Waals surface area contributed by atoms with E-state index in [1.54, 1.807) is 0 Å². The molecular weight excluding hydrogens is 258 g/mol. The zero-order valence-corrected chi connectivity index (χ0v) is 11.7. The van der Waals surface area contributed by atoms with Gasteiger partial charge in [0.2, 0.25) is 0 Å². The highest BCUT2D eigenvalue weighted by Gasteiger charge is 2.39. The summed E-state index contributed by atoms with van der Waals surface area (Å²) in [6, 6.07) is 8.60. The van der Waals surface area contributed by atoms with Gasteiger partial charge in [-0.05, 0) is 24.5 Å². The number of alkyl halides is 1. The monoisotopic (exact) mass is 273 g/mol. The molecule has 4 heteroatoms. The summed E-state index contributed by atoms with van der Waals surface area (Å²) >= 11 is 5.89. The summed E-state index contributed by atoms with van der Waals surface area (Å²) in [4.78, 5) is 4.66. The highest BCUT2D eigenvalue weighted by atomic mass is 35.5. The molecule has 1 fully saturated rings. The number of fused-ring (bicyclic) bond motifs is 1. The number of imidazole rings is 1. The SMILES string of the molecule is CCC1CC1n1c(CCCl)nc2c(C#N)cccc21. The summed E-state index contributed by atoms with van der Waals surface area (Å²) < 4.78 is 2.31. The lowest BCUT2D eigenvalue weighted by molar-refractivity contribution is 0.629. The molecule has 0 spiro atoms. The van der Waals surface area contributed by atoms with Crippen LogP contribution in [0.1, 0.15) is 37.2 Å². The Morgan fingerprint density at radius 1 is 1.53 bits per heavy atom. The van der Waals surface area contributed by atoms with Gasteiger partial charge in [-0.25, -0.2) is 4.98 Å². The molecule has 2 aromatic rings. The first kappa shape index (κ1) is 12.5. The van der Waals surface area contributed by atoms with Crippen LogP contribution in [0.4, 0.5) is 0 Å². The summed E-state index contributed by atoms with van der Waals surface area (Å²) in [6.45, 7) is 2.23. The maximum Gasteiger partial charge on any atom is 0.111 e. The van der Waals surface area contributed by atoms with E-state index in [9.17, 15) is 5.26 Å². The third-order valence-electron chi connectivity index (χ3n) is 3.97. The Labute approximate surface area is 117 Å². The van der Waals surface area contributed by atoms with E-state index in [2.05, 4.69) is 28.6 Å². The molecule has 1 aromatic heterocycles. The quantitative estimate of drug-likeness (QED) is 0.798. The van der Waals surface area contributed by atoms with Crippen molar-refractivity contribution in [3.05, 3.63) is 29.6 Å². The van der Waals surface area contributed by atoms with Gasteiger partial charge in [0.1, 0.15) is 17.4 Å². The van der Waals surface area contributed by atoms with Crippen molar-refractivity contribution >= 4 is 22.6 Å². The lowest BCUT2D eigenvalue weighted by Crippen LogP contribution is -2.03. The summed E-state index contributed by atoms with van der Waals surface area (Å²) in [5.41, 5.74) is 2.56. The zero-order valence-electron chi connectivity index (χ0n) is 10.9. The van der Waals surface area contributed by atoms with Crippen LogP contribution in [0.3, 0.4) is 0 Å². The molecule has 2 atom stereocenters. The predicted octanol–water partition coefficient (Wildman–Crippen LogP) is 3.66. The molecule has 3 nitrogen and oxygen atoms in total. The number of nitriles is 1. The van der Waals surface area contributed by atoms with Crippen LogP contribution in [-0.4, -0.2) is 15.4 Å². The van der Waals surface area contributed by atoms with Gasteiger partial charge in [0.15, 0.2) is 0 Å². The minimum absolute atomic E-state index is 0.544. The highest BCUT2D eigenvalue weighted by Crippen LogP contribution is 2.47. The van der Waals surface area contributed by atoms with Crippen LogP contribution < -0.4 is 0 Å². The predicted molar refractivity (Wildman–Crippen MR) is 76.3 cm³/mol. The number of para-hydroxylation sites is 1. The van der Waals surface area contributed by atoms with Gasteiger partial charge in [0.25, 0.3) is 0 Å². The first-order chi connectivity index (χ1) is 9.30. The second-order valence-corrected chi connectivity index (χ2v) is 5.47. The van der Waals surface area contributed by atoms with E-state index in [1.807, 2.05) is 12.1 Å². The molecule has 0 radical (unpaired) electrons. The maximum absolute atomic E-state index is 9.19. The number of aryl methyl sites for hydroxylation is 1. The number of rotatable bonds is 4. The first-order valence-corrected chi connectivity index (χ1v) is 7.29. The normalized spacial score (nSPS) is 21.5. The van der Waals surface area contributed by atoms with Gasteiger partial charge in [0, 0.05) is 18.3 Å². The Morgan fingerprint density at radius 2 is 2.37 bits per heavy atom. The fraction of sp³-hybridized carbons (Fsp3) is 0.467. The number of benzene rings is 1. The lowest BCUT2D eigenvalue weighted by Gasteiger charge is -2.07. The fourth-order valence-corrected chi connectivity index (χ4v) is 3.04. The number of hydrogen-bond acceptors (Lipinski definition) is 2. The van der Waals surface area contributed by atoms with Gasteiger partial charge in [-0.15, -0.1) is 11.6 Å². The molecule has 3 rings (SSSR count). The standard InChI is InChI=1S/C15H16ClN3/c1-2-10-8-13(10)19-12-5-3-4-11(9-17)15(12)18-14(19)6-7-16/h3-5,10,13H,2,6-8H2,1H3. The molecular formula is C15H16ClN3. The first-order valence-electron chi connectivity index (χ1n) is 6.76. The Morgan fingerprint density at radius 3 is 3.00 bits per heavy atom. The van der Waals surface area contributed by atoms with E-state index in [0.29, 0.717) is 17.5 Å². The Bertz CT molecular complexity index is 653. The summed E-state index contributed by atoms with van der Waals surface area (Å²) in [5, 5.41) is 9.19. The van der Waals surface area contributed by atoms with Crippen LogP contribution >= 0.6 is 11.6 Å². The topological polar surface area (TPSA) is 41.6 Å². The largest absolute Gasteiger partial charge is 0.324 e. The van der Waals surface area contributed by atoms with Crippen molar-refractivity contribution in [1.82, 2.24) is 9.55 Å². The molecule has 1 heterocycles. The van der Waals surface area contributed by atoms with Gasteiger partial charge in [-0.1, -0.05) is 19.4 Å². The summed E-state index contributed by atoms with van der Waals surface area (Å²) in [6.07, 6.45) is 3.17. The molecule has 0 amide bonds. The number of aromatic nitrogens is 2. The van der Waals surface area contributed by atoms with Crippen molar-refractivity contribution in [2.45, 2.75) is 32.2 Å². The Balaban J connectivity index is 2.17. The second-order valence-electron chi connectivity index (χ2n) is 5.09. The van der Waals surface area contributed by atoms with Gasteiger partial charge in [0.05, 0.1) is 11.1 Å². The van der Waals surface area contributed by atoms with Crippen LogP contribution in [0.2, 0.25) is 0 Å². The van der Waals surface area contributed by atoms with Crippen molar-refractivity contribution in [3.8, 4) is 6.07 Å². The van der Waals surface area contributed by atoms with E-state index in [-0.39, 0.29) is 0 Å². The number of halogens is 1. The number of hydrogen-bond donors (Lipinski definition) is 0. The van der Waals surface area contributed by atoms with Crippen molar-refractivity contribution < 1.29 is 0 Å². The molecule has 1 aliphatic carbocycles. The van der Waals surface area contributed by atoms with E-state index >= 15 is 0 Å². The minimum atomic E-state index is 0.544. The number of nitrogens with zero attached hydrogens (tertiary/aromatic N) is 3. The molecule has 0 bridgehead atoms. The van der Waals surface area contributed by atoms with E-state index in [1.165, 1.54) is 12.8 Å². The summed E-state index contributed by atoms with van der Waals surface area (Å²) in [5.74, 6) is 2.33. The fourth-order valence-electron chi connectivity index (χ4n) is 2.87. The third-order valence-corrected chi connectivity index (χ3v) is 4.16. The van der Waals surface area contributed by atoms with Crippen LogP contribution in [0, 0.1) is 17.2 Å². The van der Waals surface area contributed by atoms with Crippen LogP contribution in [0.25, 0.3) is 11.0 Å². The lowest BCUT2D eigenvalue weighted by atomic mass is 10.2. The zero-order chi connectivity index (χ0) is 13.4. The molecule has 98 valence electrons. The molecule has 1 aromatic carbocycles. The second kappa shape index (κ2) is 4.86. The average Bonchev–Trinajstić information content (AvgIpc) is 3.12. The van der Waals surface area contributed by atoms with Gasteiger partial charge >= 0.3 is 0 Å². The molecule has 1 saturated carbocycles.